The van der Waals surface area contributed by atoms with Crippen molar-refractivity contribution in [2.75, 3.05) is 65.6 Å². The third-order valence-corrected chi connectivity index (χ3v) is 6.67. The molecule has 0 atom stereocenters. The zero-order chi connectivity index (χ0) is 19.2. The van der Waals surface area contributed by atoms with E-state index in [2.05, 4.69) is 44.5 Å². The number of hydrogen-bond acceptors (Lipinski definition) is 5. The van der Waals surface area contributed by atoms with E-state index >= 15 is 0 Å². The molecule has 1 aromatic rings. The minimum atomic E-state index is -0.403. The Balaban J connectivity index is 1.39. The van der Waals surface area contributed by atoms with Gasteiger partial charge in [0.1, 0.15) is 0 Å². The van der Waals surface area contributed by atoms with Crippen LogP contribution < -0.4 is 5.43 Å². The van der Waals surface area contributed by atoms with Crippen LogP contribution in [0.3, 0.4) is 0 Å². The van der Waals surface area contributed by atoms with Crippen LogP contribution in [0.4, 0.5) is 0 Å². The van der Waals surface area contributed by atoms with E-state index in [0.29, 0.717) is 0 Å². The molecule has 0 unspecified atom stereocenters. The van der Waals surface area contributed by atoms with Crippen LogP contribution in [0.25, 0.3) is 0 Å². The number of nitrogens with zero attached hydrogens (tertiary/aromatic N) is 3. The molecule has 0 spiro atoms. The highest BCUT2D eigenvalue weighted by atomic mass is 16.5. The van der Waals surface area contributed by atoms with E-state index < -0.39 is 5.41 Å². The molecule has 0 aliphatic carbocycles. The normalized spacial score (nSPS) is 24.3. The van der Waals surface area contributed by atoms with Crippen molar-refractivity contribution in [2.45, 2.75) is 31.1 Å². The predicted molar refractivity (Wildman–Crippen MR) is 110 cm³/mol. The third-order valence-electron chi connectivity index (χ3n) is 6.67. The Kier molecular flexibility index (Phi) is 6.62. The summed E-state index contributed by atoms with van der Waals surface area (Å²) in [4.78, 5) is 18.4. The minimum absolute atomic E-state index is 0.188. The van der Waals surface area contributed by atoms with Crippen LogP contribution in [0.5, 0.6) is 0 Å². The summed E-state index contributed by atoms with van der Waals surface area (Å²) >= 11 is 0. The molecule has 154 valence electrons. The lowest BCUT2D eigenvalue weighted by atomic mass is 9.72. The smallest absolute Gasteiger partial charge is 0.245 e. The predicted octanol–water partition coefficient (Wildman–Crippen LogP) is 1.48. The van der Waals surface area contributed by atoms with Crippen LogP contribution in [0.2, 0.25) is 0 Å². The standard InChI is InChI=1S/C22H34N4O2/c27-21(23-26-10-4-5-11-26)22(20-6-2-1-3-7-20)8-12-24(13-9-22)14-15-25-16-18-28-19-17-25/h1-3,6-7H,4-5,8-19H2,(H,23,27). The first-order valence-corrected chi connectivity index (χ1v) is 10.9. The molecule has 0 saturated carbocycles. The van der Waals surface area contributed by atoms with Gasteiger partial charge in [0.25, 0.3) is 0 Å². The molecule has 6 heteroatoms. The maximum absolute atomic E-state index is 13.4. The Morgan fingerprint density at radius 1 is 0.893 bits per heavy atom. The first-order valence-electron chi connectivity index (χ1n) is 10.9. The van der Waals surface area contributed by atoms with Crippen LogP contribution in [0, 0.1) is 0 Å². The van der Waals surface area contributed by atoms with Gasteiger partial charge in [-0.05, 0) is 44.3 Å². The topological polar surface area (TPSA) is 48.1 Å². The molecule has 1 amide bonds. The highest BCUT2D eigenvalue weighted by Gasteiger charge is 2.43. The van der Waals surface area contributed by atoms with E-state index in [1.165, 1.54) is 18.4 Å². The Hall–Kier alpha value is -1.47. The summed E-state index contributed by atoms with van der Waals surface area (Å²) in [6, 6.07) is 10.4. The van der Waals surface area contributed by atoms with E-state index in [9.17, 15) is 4.79 Å². The van der Waals surface area contributed by atoms with Crippen molar-refractivity contribution in [1.29, 1.82) is 0 Å². The van der Waals surface area contributed by atoms with Gasteiger partial charge in [-0.1, -0.05) is 30.3 Å². The Morgan fingerprint density at radius 2 is 1.50 bits per heavy atom. The van der Waals surface area contributed by atoms with Gasteiger partial charge in [0, 0.05) is 39.3 Å². The largest absolute Gasteiger partial charge is 0.379 e. The summed E-state index contributed by atoms with van der Waals surface area (Å²) in [5, 5.41) is 2.11. The SMILES string of the molecule is O=C(NN1CCCC1)C1(c2ccccc2)CCN(CCN2CCOCC2)CC1. The minimum Gasteiger partial charge on any atom is -0.379 e. The molecule has 0 bridgehead atoms. The monoisotopic (exact) mass is 386 g/mol. The molecule has 0 aromatic heterocycles. The van der Waals surface area contributed by atoms with Crippen molar-refractivity contribution in [1.82, 2.24) is 20.2 Å². The molecule has 3 aliphatic rings. The lowest BCUT2D eigenvalue weighted by molar-refractivity contribution is -0.133. The quantitative estimate of drug-likeness (QED) is 0.803. The van der Waals surface area contributed by atoms with Gasteiger partial charge in [0.15, 0.2) is 0 Å². The van der Waals surface area contributed by atoms with Gasteiger partial charge in [0.05, 0.1) is 18.6 Å². The van der Waals surface area contributed by atoms with E-state index in [-0.39, 0.29) is 5.91 Å². The fourth-order valence-electron chi connectivity index (χ4n) is 4.75. The van der Waals surface area contributed by atoms with E-state index in [1.54, 1.807) is 0 Å². The van der Waals surface area contributed by atoms with Crippen LogP contribution in [-0.4, -0.2) is 86.3 Å². The molecular weight excluding hydrogens is 352 g/mol. The summed E-state index contributed by atoms with van der Waals surface area (Å²) in [6.45, 7) is 9.88. The van der Waals surface area contributed by atoms with Crippen molar-refractivity contribution in [2.24, 2.45) is 0 Å². The number of carbonyl (C=O) groups is 1. The van der Waals surface area contributed by atoms with Crippen LogP contribution in [-0.2, 0) is 14.9 Å². The fourth-order valence-corrected chi connectivity index (χ4v) is 4.75. The number of carbonyl (C=O) groups excluding carboxylic acids is 1. The Labute approximate surface area is 168 Å². The number of piperidine rings is 1. The number of ether oxygens (including phenoxy) is 1. The molecule has 1 N–H and O–H groups in total. The number of hydrogen-bond donors (Lipinski definition) is 1. The molecule has 6 nitrogen and oxygen atoms in total. The number of hydrazine groups is 1. The van der Waals surface area contributed by atoms with Crippen molar-refractivity contribution >= 4 is 5.91 Å². The third kappa shape index (κ3) is 4.57. The average Bonchev–Trinajstić information content (AvgIpc) is 3.27. The van der Waals surface area contributed by atoms with Crippen molar-refractivity contribution in [3.63, 3.8) is 0 Å². The van der Waals surface area contributed by atoms with Crippen LogP contribution >= 0.6 is 0 Å². The molecule has 0 radical (unpaired) electrons. The lowest BCUT2D eigenvalue weighted by Gasteiger charge is -2.42. The first-order chi connectivity index (χ1) is 13.8. The van der Waals surface area contributed by atoms with Crippen molar-refractivity contribution < 1.29 is 9.53 Å². The molecular formula is C22H34N4O2. The summed E-state index contributed by atoms with van der Waals surface area (Å²) in [6.07, 6.45) is 4.13. The van der Waals surface area contributed by atoms with Gasteiger partial charge < -0.3 is 9.64 Å². The maximum atomic E-state index is 13.4. The van der Waals surface area contributed by atoms with Crippen molar-refractivity contribution in [3.05, 3.63) is 35.9 Å². The number of rotatable bonds is 6. The second kappa shape index (κ2) is 9.35. The second-order valence-corrected chi connectivity index (χ2v) is 8.38. The summed E-state index contributed by atoms with van der Waals surface area (Å²) in [5.41, 5.74) is 4.00. The molecule has 3 aliphatic heterocycles. The lowest BCUT2D eigenvalue weighted by Crippen LogP contribution is -2.55. The van der Waals surface area contributed by atoms with E-state index in [4.69, 9.17) is 4.74 Å². The maximum Gasteiger partial charge on any atom is 0.245 e. The Morgan fingerprint density at radius 3 is 2.14 bits per heavy atom. The number of likely N-dealkylation sites (tertiary alicyclic amines) is 1. The zero-order valence-corrected chi connectivity index (χ0v) is 16.9. The average molecular weight is 387 g/mol. The van der Waals surface area contributed by atoms with Gasteiger partial charge in [-0.15, -0.1) is 0 Å². The summed E-state index contributed by atoms with van der Waals surface area (Å²) in [5.74, 6) is 0.188. The van der Waals surface area contributed by atoms with E-state index in [0.717, 1.165) is 78.4 Å². The zero-order valence-electron chi connectivity index (χ0n) is 16.9. The number of nitrogens with one attached hydrogen (secondary N) is 1. The summed E-state index contributed by atoms with van der Waals surface area (Å²) in [7, 11) is 0. The molecule has 28 heavy (non-hydrogen) atoms. The molecule has 3 fully saturated rings. The highest BCUT2D eigenvalue weighted by Crippen LogP contribution is 2.36. The van der Waals surface area contributed by atoms with Gasteiger partial charge in [-0.25, -0.2) is 5.01 Å². The van der Waals surface area contributed by atoms with Gasteiger partial charge in [-0.3, -0.25) is 15.1 Å². The number of amides is 1. The van der Waals surface area contributed by atoms with Crippen LogP contribution in [0.15, 0.2) is 30.3 Å². The molecule has 4 rings (SSSR count). The van der Waals surface area contributed by atoms with Gasteiger partial charge >= 0.3 is 0 Å². The molecule has 3 heterocycles. The molecule has 1 aromatic carbocycles. The number of benzene rings is 1. The fraction of sp³-hybridized carbons (Fsp3) is 0.682. The van der Waals surface area contributed by atoms with Gasteiger partial charge in [0.2, 0.25) is 5.91 Å². The highest BCUT2D eigenvalue weighted by molar-refractivity contribution is 5.88. The first kappa shape index (κ1) is 19.8. The van der Waals surface area contributed by atoms with E-state index in [1.807, 2.05) is 6.07 Å². The van der Waals surface area contributed by atoms with Crippen LogP contribution in [0.1, 0.15) is 31.2 Å². The van der Waals surface area contributed by atoms with Crippen molar-refractivity contribution in [3.8, 4) is 0 Å². The second-order valence-electron chi connectivity index (χ2n) is 8.38. The molecule has 3 saturated heterocycles. The summed E-state index contributed by atoms with van der Waals surface area (Å²) < 4.78 is 5.44. The number of morpholine rings is 1. The van der Waals surface area contributed by atoms with Gasteiger partial charge in [-0.2, -0.15) is 0 Å². The Bertz CT molecular complexity index is 619.